The molecule has 0 aliphatic rings. The molecule has 0 aliphatic heterocycles. The lowest BCUT2D eigenvalue weighted by Crippen LogP contribution is -2.13. The fourth-order valence-electron chi connectivity index (χ4n) is 2.66. The first-order valence-corrected chi connectivity index (χ1v) is 8.55. The third-order valence-corrected chi connectivity index (χ3v) is 4.49. The third kappa shape index (κ3) is 3.52. The van der Waals surface area contributed by atoms with Crippen molar-refractivity contribution in [3.63, 3.8) is 0 Å². The van der Waals surface area contributed by atoms with Crippen LogP contribution in [0.15, 0.2) is 53.5 Å². The lowest BCUT2D eigenvalue weighted by atomic mass is 10.1. The Labute approximate surface area is 149 Å². The van der Waals surface area contributed by atoms with Crippen molar-refractivity contribution in [2.75, 3.05) is 5.32 Å². The summed E-state index contributed by atoms with van der Waals surface area (Å²) in [5, 5.41) is 14.2. The second-order valence-corrected chi connectivity index (χ2v) is 6.35. The van der Waals surface area contributed by atoms with Gasteiger partial charge < -0.3 is 4.57 Å². The van der Waals surface area contributed by atoms with E-state index in [1.165, 1.54) is 11.3 Å². The van der Waals surface area contributed by atoms with Gasteiger partial charge in [-0.25, -0.2) is 4.98 Å². The van der Waals surface area contributed by atoms with Crippen LogP contribution in [0, 0.1) is 25.2 Å². The molecule has 0 saturated heterocycles. The number of aryl methyl sites for hydroxylation is 1. The molecule has 2 heterocycles. The van der Waals surface area contributed by atoms with Crippen molar-refractivity contribution in [3.8, 4) is 11.8 Å². The van der Waals surface area contributed by atoms with E-state index < -0.39 is 5.91 Å². The number of carbonyl (C=O) groups excluding carboxylic acids is 1. The summed E-state index contributed by atoms with van der Waals surface area (Å²) < 4.78 is 2.10. The summed E-state index contributed by atoms with van der Waals surface area (Å²) >= 11 is 1.31. The number of thiazole rings is 1. The number of hydrogen-bond acceptors (Lipinski definition) is 4. The Morgan fingerprint density at radius 1 is 1.32 bits per heavy atom. The molecule has 2 aromatic heterocycles. The number of para-hydroxylation sites is 1. The summed E-state index contributed by atoms with van der Waals surface area (Å²) in [5.41, 5.74) is 3.93. The van der Waals surface area contributed by atoms with E-state index in [0.717, 1.165) is 22.6 Å². The Morgan fingerprint density at radius 2 is 2.08 bits per heavy atom. The molecule has 0 atom stereocenters. The van der Waals surface area contributed by atoms with Crippen molar-refractivity contribution in [3.05, 3.63) is 70.5 Å². The smallest absolute Gasteiger partial charge is 0.268 e. The molecule has 3 rings (SSSR count). The number of anilines is 1. The van der Waals surface area contributed by atoms with Gasteiger partial charge in [-0.1, -0.05) is 18.2 Å². The number of hydrogen-bond donors (Lipinski definition) is 1. The van der Waals surface area contributed by atoms with Gasteiger partial charge in [-0.3, -0.25) is 10.1 Å². The van der Waals surface area contributed by atoms with Crippen molar-refractivity contribution in [1.82, 2.24) is 9.55 Å². The summed E-state index contributed by atoms with van der Waals surface area (Å²) in [6, 6.07) is 13.9. The summed E-state index contributed by atoms with van der Waals surface area (Å²) in [7, 11) is 0. The lowest BCUT2D eigenvalue weighted by molar-refractivity contribution is -0.112. The molecule has 1 aromatic carbocycles. The minimum atomic E-state index is -0.457. The zero-order chi connectivity index (χ0) is 17.8. The SMILES string of the molecule is Cc1cc(/C=C(\C#N)C(=O)Nc2nccs2)c(C)n1-c1ccccc1. The predicted octanol–water partition coefficient (Wildman–Crippen LogP) is 4.10. The molecule has 0 saturated carbocycles. The monoisotopic (exact) mass is 348 g/mol. The van der Waals surface area contributed by atoms with Crippen molar-refractivity contribution in [1.29, 1.82) is 5.26 Å². The Hall–Kier alpha value is -3.17. The average molecular weight is 348 g/mol. The first kappa shape index (κ1) is 16.7. The van der Waals surface area contributed by atoms with E-state index in [0.29, 0.717) is 5.13 Å². The molecule has 0 radical (unpaired) electrons. The van der Waals surface area contributed by atoms with E-state index in [1.807, 2.05) is 56.3 Å². The molecule has 124 valence electrons. The van der Waals surface area contributed by atoms with Gasteiger partial charge in [0.1, 0.15) is 11.6 Å². The lowest BCUT2D eigenvalue weighted by Gasteiger charge is -2.09. The number of nitrogens with zero attached hydrogens (tertiary/aromatic N) is 3. The highest BCUT2D eigenvalue weighted by Gasteiger charge is 2.14. The van der Waals surface area contributed by atoms with E-state index in [1.54, 1.807) is 17.7 Å². The van der Waals surface area contributed by atoms with E-state index in [-0.39, 0.29) is 5.57 Å². The predicted molar refractivity (Wildman–Crippen MR) is 99.6 cm³/mol. The molecular formula is C19H16N4OS. The molecule has 1 amide bonds. The molecule has 0 aliphatic carbocycles. The van der Waals surface area contributed by atoms with Crippen molar-refractivity contribution >= 4 is 28.5 Å². The Balaban J connectivity index is 1.94. The highest BCUT2D eigenvalue weighted by molar-refractivity contribution is 7.13. The maximum absolute atomic E-state index is 12.3. The molecule has 0 unspecified atom stereocenters. The maximum atomic E-state index is 12.3. The van der Waals surface area contributed by atoms with Crippen LogP contribution >= 0.6 is 11.3 Å². The normalized spacial score (nSPS) is 11.2. The van der Waals surface area contributed by atoms with Gasteiger partial charge in [0, 0.05) is 28.7 Å². The topological polar surface area (TPSA) is 70.7 Å². The maximum Gasteiger partial charge on any atom is 0.268 e. The average Bonchev–Trinajstić information content (AvgIpc) is 3.21. The van der Waals surface area contributed by atoms with Gasteiger partial charge in [0.2, 0.25) is 0 Å². The van der Waals surface area contributed by atoms with Crippen molar-refractivity contribution < 1.29 is 4.79 Å². The van der Waals surface area contributed by atoms with E-state index in [4.69, 9.17) is 0 Å². The number of carbonyl (C=O) groups is 1. The summed E-state index contributed by atoms with van der Waals surface area (Å²) in [6.07, 6.45) is 3.22. The van der Waals surface area contributed by atoms with Gasteiger partial charge in [-0.05, 0) is 43.7 Å². The first-order chi connectivity index (χ1) is 12.1. The highest BCUT2D eigenvalue weighted by atomic mass is 32.1. The highest BCUT2D eigenvalue weighted by Crippen LogP contribution is 2.23. The fourth-order valence-corrected chi connectivity index (χ4v) is 3.19. The summed E-state index contributed by atoms with van der Waals surface area (Å²) in [4.78, 5) is 16.3. The Kier molecular flexibility index (Phi) is 4.78. The van der Waals surface area contributed by atoms with E-state index >= 15 is 0 Å². The number of amides is 1. The number of nitriles is 1. The molecule has 0 spiro atoms. The molecule has 5 nitrogen and oxygen atoms in total. The van der Waals surface area contributed by atoms with Crippen LogP contribution in [0.2, 0.25) is 0 Å². The second kappa shape index (κ2) is 7.16. The first-order valence-electron chi connectivity index (χ1n) is 7.67. The Morgan fingerprint density at radius 3 is 2.72 bits per heavy atom. The minimum absolute atomic E-state index is 0.0449. The number of rotatable bonds is 4. The third-order valence-electron chi connectivity index (χ3n) is 3.80. The molecule has 1 N–H and O–H groups in total. The van der Waals surface area contributed by atoms with Crippen LogP contribution in [0.1, 0.15) is 17.0 Å². The van der Waals surface area contributed by atoms with Crippen molar-refractivity contribution in [2.24, 2.45) is 0 Å². The van der Waals surface area contributed by atoms with Gasteiger partial charge in [0.05, 0.1) is 0 Å². The van der Waals surface area contributed by atoms with Crippen LogP contribution in [0.3, 0.4) is 0 Å². The molecule has 3 aromatic rings. The van der Waals surface area contributed by atoms with Crippen LogP contribution in [0.5, 0.6) is 0 Å². The van der Waals surface area contributed by atoms with Crippen LogP contribution in [0.4, 0.5) is 5.13 Å². The molecule has 6 heteroatoms. The number of aromatic nitrogens is 2. The second-order valence-electron chi connectivity index (χ2n) is 5.46. The minimum Gasteiger partial charge on any atom is -0.318 e. The fraction of sp³-hybridized carbons (Fsp3) is 0.105. The van der Waals surface area contributed by atoms with Crippen LogP contribution in [0.25, 0.3) is 11.8 Å². The van der Waals surface area contributed by atoms with Gasteiger partial charge >= 0.3 is 0 Å². The quantitative estimate of drug-likeness (QED) is 0.570. The molecule has 0 bridgehead atoms. The van der Waals surface area contributed by atoms with Crippen LogP contribution in [-0.4, -0.2) is 15.5 Å². The standard InChI is InChI=1S/C19H16N4OS/c1-13-10-15(14(2)23(13)17-6-4-3-5-7-17)11-16(12-20)18(24)22-19-21-8-9-25-19/h3-11H,1-2H3,(H,21,22,24)/b16-11+. The van der Waals surface area contributed by atoms with Crippen molar-refractivity contribution in [2.45, 2.75) is 13.8 Å². The zero-order valence-electron chi connectivity index (χ0n) is 13.9. The number of benzene rings is 1. The van der Waals surface area contributed by atoms with Gasteiger partial charge in [-0.15, -0.1) is 11.3 Å². The Bertz CT molecular complexity index is 963. The summed E-state index contributed by atoms with van der Waals surface area (Å²) in [6.45, 7) is 3.97. The molecule has 0 fully saturated rings. The van der Waals surface area contributed by atoms with Crippen LogP contribution < -0.4 is 5.32 Å². The van der Waals surface area contributed by atoms with E-state index in [9.17, 15) is 10.1 Å². The van der Waals surface area contributed by atoms with Crippen LogP contribution in [-0.2, 0) is 4.79 Å². The largest absolute Gasteiger partial charge is 0.318 e. The number of nitrogens with one attached hydrogen (secondary N) is 1. The van der Waals surface area contributed by atoms with Gasteiger partial charge in [0.15, 0.2) is 5.13 Å². The molecular weight excluding hydrogens is 332 g/mol. The zero-order valence-corrected chi connectivity index (χ0v) is 14.7. The van der Waals surface area contributed by atoms with Gasteiger partial charge in [0.25, 0.3) is 5.91 Å². The summed E-state index contributed by atoms with van der Waals surface area (Å²) in [5.74, 6) is -0.457. The van der Waals surface area contributed by atoms with Gasteiger partial charge in [-0.2, -0.15) is 5.26 Å². The molecule has 25 heavy (non-hydrogen) atoms. The van der Waals surface area contributed by atoms with E-state index in [2.05, 4.69) is 14.9 Å².